The number of pyridine rings is 1. The van der Waals surface area contributed by atoms with E-state index < -0.39 is 124 Å². The normalized spacial score (nSPS) is 20.8. The molecule has 0 radical (unpaired) electrons. The number of likely N-dealkylation sites (N-methyl/N-ethyl adjacent to an activating group) is 3. The van der Waals surface area contributed by atoms with Crippen molar-refractivity contribution in [2.75, 3.05) is 99.7 Å². The van der Waals surface area contributed by atoms with Gasteiger partial charge in [0.15, 0.2) is 17.3 Å². The number of tetrazole rings is 1. The third kappa shape index (κ3) is 30.0. The molecule has 6 aromatic rings. The molecule has 3 aliphatic carbocycles. The fourth-order valence-electron chi connectivity index (χ4n) is 19.3. The van der Waals surface area contributed by atoms with Gasteiger partial charge in [-0.25, -0.2) is 17.9 Å². The van der Waals surface area contributed by atoms with Gasteiger partial charge in [0.05, 0.1) is 34.8 Å². The van der Waals surface area contributed by atoms with Crippen LogP contribution in [0.25, 0.3) is 0 Å². The molecule has 3 aromatic heterocycles. The lowest BCUT2D eigenvalue weighted by atomic mass is 9.77. The maximum Gasteiger partial charge on any atom is 0.351 e. The highest BCUT2D eigenvalue weighted by Crippen LogP contribution is 2.38. The summed E-state index contributed by atoms with van der Waals surface area (Å²) in [5.74, 6) is -12.1. The highest BCUT2D eigenvalue weighted by molar-refractivity contribution is 6.00. The summed E-state index contributed by atoms with van der Waals surface area (Å²) in [5.41, 5.74) is 6.74. The molecular formula is C103H143F5N20O13. The van der Waals surface area contributed by atoms with E-state index in [0.29, 0.717) is 106 Å². The van der Waals surface area contributed by atoms with E-state index in [-0.39, 0.29) is 130 Å². The standard InChI is InChI=1S/C36H45F3N6O4.C35H51FN6O5.C32H47FN8O4/c1-5-31(47)42-32(34(48)45-14-12-44(4)13-15-45)23(3)26-10-11-27(29(37)17-26)18-30(46)33(25-8-6-22(2)7-9-25)43-35(49)36(38,39)28-16-24(19-40)20-41-21-28;1-7-29(44)38-30(34(46)42-16-14-41(6)15-17-42)22(3)24-12-13-25(27(36)18-24)19-28(43)31(23-10-8-21(2)9-11-23)39-33(45)26-20-47-40-32(26)35(4,5)37;1-6-27(43)34-28(32(45)40-16-14-39(5)15-17-40)21(4)23-12-13-24(25(33)18-23)19-26(42)29(22-10-8-20(3)9-11-22)35-31(44)30-36-37-38-41(30)7-2/h10-11,16-17,20-23,25,32-33H,5-9,12-15,18H2,1-4H3,(H,42,47)(H,43,49);12-13,18,20-23,30-31H,7-11,14-17,19,37H2,1-6H3,(H,38,44)(H,39,45);12-13,18,20-22,28-29H,6-11,14-17,19H2,1-5H3,(H,34,43)(H,35,44)/t22?,23-,25?,32+,33-;21?,22-,23?,30+,31-;20?,21-,22?,28+,29-/m000/s1. The lowest BCUT2D eigenvalue weighted by Crippen LogP contribution is -2.55. The lowest BCUT2D eigenvalue weighted by molar-refractivity contribution is -0.150. The van der Waals surface area contributed by atoms with Gasteiger partial charge in [-0.3, -0.25) is 62.5 Å². The molecule has 33 nitrogen and oxygen atoms in total. The molecule has 6 heterocycles. The minimum absolute atomic E-state index is 0.0154. The Morgan fingerprint density at radius 3 is 1.14 bits per heavy atom. The maximum atomic E-state index is 15.7. The number of alkyl halides is 2. The van der Waals surface area contributed by atoms with Crippen molar-refractivity contribution < 1.29 is 84.0 Å². The van der Waals surface area contributed by atoms with Gasteiger partial charge in [0.2, 0.25) is 41.3 Å². The minimum Gasteiger partial charge on any atom is -0.364 e. The van der Waals surface area contributed by atoms with Gasteiger partial charge in [0.1, 0.15) is 59.2 Å². The van der Waals surface area contributed by atoms with Gasteiger partial charge in [-0.2, -0.15) is 14.0 Å². The SMILES string of the molecule is CCC(=O)N[C@@H](C(=O)N1CCN(C)CC1)[C@@H](C)c1ccc(CC(=O)[C@@H](NC(=O)C(F)(F)c2cncc(C#N)c2)C2CCC(C)CC2)c(F)c1.CCC(=O)N[C@@H](C(=O)N1CCN(C)CC1)[C@@H](C)c1ccc(CC(=O)[C@@H](NC(=O)c2conc2C(C)(C)N)C2CCC(C)CC2)c(F)c1.CCC(=O)N[C@@H](C(=O)N1CCN(C)CC1)[C@@H](C)c1ccc(CC(=O)[C@@H](NC(=O)c2nnnn2CC)C2CCC(C)CC2)c(F)c1. The third-order valence-corrected chi connectivity index (χ3v) is 29.0. The molecule has 12 rings (SSSR count). The quantitative estimate of drug-likeness (QED) is 0.0180. The molecule has 38 heteroatoms. The van der Waals surface area contributed by atoms with Crippen molar-refractivity contribution in [3.8, 4) is 6.07 Å². The van der Waals surface area contributed by atoms with Crippen LogP contribution in [0, 0.1) is 64.3 Å². The van der Waals surface area contributed by atoms with E-state index in [9.17, 15) is 57.5 Å². The molecule has 0 spiro atoms. The molecule has 3 saturated carbocycles. The van der Waals surface area contributed by atoms with Crippen molar-refractivity contribution in [1.29, 1.82) is 5.26 Å². The molecule has 6 fully saturated rings. The van der Waals surface area contributed by atoms with Crippen LogP contribution in [0.15, 0.2) is 83.8 Å². The Morgan fingerprint density at radius 1 is 0.482 bits per heavy atom. The number of hydrogen-bond donors (Lipinski definition) is 7. The molecule has 3 aliphatic heterocycles. The van der Waals surface area contributed by atoms with Crippen LogP contribution < -0.4 is 37.6 Å². The van der Waals surface area contributed by atoms with Crippen molar-refractivity contribution >= 4 is 70.5 Å². The topological polar surface area (TPSA) is 429 Å². The zero-order chi connectivity index (χ0) is 103. The predicted octanol–water partition coefficient (Wildman–Crippen LogP) is 9.94. The molecule has 3 saturated heterocycles. The van der Waals surface area contributed by atoms with Gasteiger partial charge in [-0.15, -0.1) is 5.10 Å². The smallest absolute Gasteiger partial charge is 0.351 e. The van der Waals surface area contributed by atoms with E-state index in [1.807, 2.05) is 28.1 Å². The van der Waals surface area contributed by atoms with Crippen LogP contribution in [0.4, 0.5) is 22.0 Å². The third-order valence-electron chi connectivity index (χ3n) is 29.0. The Kier molecular flexibility index (Phi) is 40.5. The largest absolute Gasteiger partial charge is 0.364 e. The molecule has 768 valence electrons. The van der Waals surface area contributed by atoms with Crippen molar-refractivity contribution in [3.05, 3.63) is 158 Å². The van der Waals surface area contributed by atoms with Crippen molar-refractivity contribution in [2.24, 2.45) is 41.2 Å². The first-order chi connectivity index (χ1) is 66.9. The Balaban J connectivity index is 0.000000218. The van der Waals surface area contributed by atoms with Gasteiger partial charge in [-0.1, -0.05) is 142 Å². The number of ketones is 3. The van der Waals surface area contributed by atoms with Gasteiger partial charge in [0.25, 0.3) is 17.7 Å². The zero-order valence-electron chi connectivity index (χ0n) is 84.2. The fourth-order valence-corrected chi connectivity index (χ4v) is 19.3. The van der Waals surface area contributed by atoms with E-state index in [1.54, 1.807) is 106 Å². The maximum absolute atomic E-state index is 15.7. The van der Waals surface area contributed by atoms with E-state index >= 15 is 22.0 Å². The van der Waals surface area contributed by atoms with E-state index in [2.05, 4.69) is 93.0 Å². The number of nitrogens with two attached hydrogens (primary N) is 1. The van der Waals surface area contributed by atoms with Crippen LogP contribution in [0.3, 0.4) is 0 Å². The zero-order valence-corrected chi connectivity index (χ0v) is 84.2. The summed E-state index contributed by atoms with van der Waals surface area (Å²) in [6.07, 6.45) is 12.3. The summed E-state index contributed by atoms with van der Waals surface area (Å²) in [4.78, 5) is 174. The summed E-state index contributed by atoms with van der Waals surface area (Å²) in [6, 6.07) is 10.5. The van der Waals surface area contributed by atoms with E-state index in [1.165, 1.54) is 35.2 Å². The number of Topliss-reactive ketones (excluding diaryl/α,β-unsaturated/α-hetero) is 3. The number of aryl methyl sites for hydroxylation is 1. The lowest BCUT2D eigenvalue weighted by Gasteiger charge is -2.36. The Bertz CT molecular complexity index is 5360. The van der Waals surface area contributed by atoms with Gasteiger partial charge in [-0.05, 0) is 184 Å². The van der Waals surface area contributed by atoms with Crippen molar-refractivity contribution in [1.82, 2.24) is 91.6 Å². The number of halogens is 5. The Labute approximate surface area is 823 Å². The van der Waals surface area contributed by atoms with Crippen LogP contribution in [-0.4, -0.2) is 266 Å². The van der Waals surface area contributed by atoms with Gasteiger partial charge in [0, 0.05) is 154 Å². The number of amides is 9. The Hall–Kier alpha value is -11.7. The van der Waals surface area contributed by atoms with Crippen LogP contribution in [-0.2, 0) is 85.2 Å². The number of carbonyl (C=O) groups is 12. The highest BCUT2D eigenvalue weighted by atomic mass is 19.3. The summed E-state index contributed by atoms with van der Waals surface area (Å²) >= 11 is 0. The Morgan fingerprint density at radius 2 is 0.823 bits per heavy atom. The van der Waals surface area contributed by atoms with Crippen LogP contribution in [0.1, 0.15) is 268 Å². The number of benzene rings is 3. The van der Waals surface area contributed by atoms with Crippen LogP contribution in [0.2, 0.25) is 0 Å². The molecule has 3 aromatic carbocycles. The first kappa shape index (κ1) is 111. The van der Waals surface area contributed by atoms with E-state index in [4.69, 9.17) is 15.5 Å². The summed E-state index contributed by atoms with van der Waals surface area (Å²) in [6.45, 7) is 30.0. The first-order valence-electron chi connectivity index (χ1n) is 49.8. The molecule has 8 N–H and O–H groups in total. The molecule has 9 atom stereocenters. The monoisotopic (exact) mass is 1960 g/mol. The minimum atomic E-state index is -4.07. The average molecular weight is 1960 g/mol. The molecule has 6 aliphatic rings. The van der Waals surface area contributed by atoms with Gasteiger partial charge < -0.3 is 71.6 Å². The van der Waals surface area contributed by atoms with Gasteiger partial charge >= 0.3 is 5.92 Å². The van der Waals surface area contributed by atoms with Crippen LogP contribution >= 0.6 is 0 Å². The molecule has 0 unspecified atom stereocenters. The number of nitriles is 1. The number of rotatable bonds is 36. The van der Waals surface area contributed by atoms with Crippen molar-refractivity contribution in [2.45, 2.75) is 271 Å². The molecule has 0 bridgehead atoms. The second kappa shape index (κ2) is 51.3. The number of piperazine rings is 3. The average Bonchev–Trinajstić information content (AvgIpc) is 1.36. The number of hydrogen-bond acceptors (Lipinski definition) is 23. The summed E-state index contributed by atoms with van der Waals surface area (Å²) in [7, 11) is 5.96. The number of nitrogens with zero attached hydrogens (tertiary/aromatic N) is 13. The fraction of sp³-hybridized carbons (Fsp3) is 0.612. The molecular weight excluding hydrogens is 1820 g/mol. The number of carbonyl (C=O) groups excluding carboxylic acids is 12. The highest BCUT2D eigenvalue weighted by Gasteiger charge is 2.47. The van der Waals surface area contributed by atoms with Crippen molar-refractivity contribution in [3.63, 3.8) is 0 Å². The second-order valence-electron chi connectivity index (χ2n) is 40.1. The summed E-state index contributed by atoms with van der Waals surface area (Å²) in [5, 5.41) is 40.8. The van der Waals surface area contributed by atoms with Crippen LogP contribution in [0.5, 0.6) is 0 Å². The number of nitrogens with one attached hydrogen (secondary N) is 6. The predicted molar refractivity (Wildman–Crippen MR) is 517 cm³/mol. The molecule has 141 heavy (non-hydrogen) atoms. The number of aromatic nitrogens is 6. The summed E-state index contributed by atoms with van der Waals surface area (Å²) < 4.78 is 84.1. The first-order valence-corrected chi connectivity index (χ1v) is 49.8. The molecule has 9 amide bonds. The van der Waals surface area contributed by atoms with E-state index in [0.717, 1.165) is 109 Å². The second-order valence-corrected chi connectivity index (χ2v) is 40.1.